The van der Waals surface area contributed by atoms with Crippen LogP contribution >= 0.6 is 0 Å². The van der Waals surface area contributed by atoms with Crippen LogP contribution in [0.3, 0.4) is 0 Å². The van der Waals surface area contributed by atoms with Gasteiger partial charge in [-0.3, -0.25) is 19.3 Å². The number of nitrogens with one attached hydrogen (secondary N) is 3. The Hall–Kier alpha value is -2.46. The number of amides is 2. The van der Waals surface area contributed by atoms with Crippen molar-refractivity contribution in [2.75, 3.05) is 13.6 Å². The molecule has 3 aliphatic rings. The van der Waals surface area contributed by atoms with Gasteiger partial charge in [0.2, 0.25) is 21.8 Å². The molecule has 3 N–H and O–H groups in total. The summed E-state index contributed by atoms with van der Waals surface area (Å²) in [7, 11) is -2.17. The fourth-order valence-electron chi connectivity index (χ4n) is 3.84. The molecule has 9 nitrogen and oxygen atoms in total. The Morgan fingerprint density at radius 3 is 2.50 bits per heavy atom. The summed E-state index contributed by atoms with van der Waals surface area (Å²) in [6, 6.07) is -0.574. The first-order chi connectivity index (χ1) is 15.0. The average molecular weight is 465 g/mol. The van der Waals surface area contributed by atoms with Gasteiger partial charge in [0.15, 0.2) is 0 Å². The Bertz CT molecular complexity index is 982. The molecule has 0 aromatic heterocycles. The summed E-state index contributed by atoms with van der Waals surface area (Å²) in [5, 5.41) is 5.88. The van der Waals surface area contributed by atoms with Crippen molar-refractivity contribution in [1.29, 1.82) is 0 Å². The Kier molecular flexibility index (Phi) is 6.67. The van der Waals surface area contributed by atoms with Crippen LogP contribution in [0.25, 0.3) is 0 Å². The fourth-order valence-corrected chi connectivity index (χ4v) is 5.15. The quantitative estimate of drug-likeness (QED) is 0.202. The van der Waals surface area contributed by atoms with Gasteiger partial charge in [-0.1, -0.05) is 24.8 Å². The van der Waals surface area contributed by atoms with E-state index in [2.05, 4.69) is 33.5 Å². The first-order valence-electron chi connectivity index (χ1n) is 10.7. The maximum Gasteiger partial charge on any atom is 0.259 e. The predicted octanol–water partition coefficient (Wildman–Crippen LogP) is 0.954. The summed E-state index contributed by atoms with van der Waals surface area (Å²) < 4.78 is 32.2. The van der Waals surface area contributed by atoms with Gasteiger partial charge < -0.3 is 15.4 Å². The topological polar surface area (TPSA) is 126 Å². The molecule has 32 heavy (non-hydrogen) atoms. The van der Waals surface area contributed by atoms with Crippen molar-refractivity contribution in [2.45, 2.75) is 62.0 Å². The molecule has 0 bridgehead atoms. The van der Waals surface area contributed by atoms with Crippen molar-refractivity contribution < 1.29 is 22.7 Å². The number of carbonyl (C=O) groups excluding carboxylic acids is 2. The largest absolute Gasteiger partial charge is 0.473 e. The van der Waals surface area contributed by atoms with Crippen LogP contribution in [0.4, 0.5) is 0 Å². The highest BCUT2D eigenvalue weighted by Crippen LogP contribution is 2.46. The van der Waals surface area contributed by atoms with Crippen molar-refractivity contribution in [2.24, 2.45) is 10.9 Å². The second-order valence-electron chi connectivity index (χ2n) is 8.94. The van der Waals surface area contributed by atoms with Gasteiger partial charge in [0.05, 0.1) is 10.8 Å². The summed E-state index contributed by atoms with van der Waals surface area (Å²) in [6.07, 6.45) is 6.45. The van der Waals surface area contributed by atoms with E-state index in [4.69, 9.17) is 4.74 Å². The standard InChI is InChI=1S/C22H32N4O5S/c1-6-8-14(3)19(23-5)31-16-11-17(24-13-16)18(27)25-22(12-15(22)7-2)20(28)26-32(29,30)21(4)9-10-21/h6-8,15-17,24H,1-2,9-13H2,3-5H3,(H,25,27)(H,26,28)/b14-8+,23-19+/t15-,16-,17+,22-/m1/s1. The third kappa shape index (κ3) is 4.66. The fraction of sp³-hybridized carbons (Fsp3) is 0.591. The van der Waals surface area contributed by atoms with Crippen molar-refractivity contribution >= 4 is 27.7 Å². The molecule has 10 heteroatoms. The summed E-state index contributed by atoms with van der Waals surface area (Å²) in [5.74, 6) is -0.937. The molecule has 0 radical (unpaired) electrons. The van der Waals surface area contributed by atoms with Crippen molar-refractivity contribution in [3.8, 4) is 0 Å². The van der Waals surface area contributed by atoms with Gasteiger partial charge in [-0.15, -0.1) is 6.58 Å². The normalized spacial score (nSPS) is 31.4. The van der Waals surface area contributed by atoms with E-state index in [-0.39, 0.29) is 17.9 Å². The Balaban J connectivity index is 1.62. The smallest absolute Gasteiger partial charge is 0.259 e. The number of allylic oxidation sites excluding steroid dienone is 2. The van der Waals surface area contributed by atoms with Crippen LogP contribution in [-0.4, -0.2) is 62.2 Å². The van der Waals surface area contributed by atoms with Gasteiger partial charge in [-0.2, -0.15) is 0 Å². The highest BCUT2D eigenvalue weighted by Gasteiger charge is 2.62. The molecule has 176 valence electrons. The van der Waals surface area contributed by atoms with Crippen molar-refractivity contribution in [3.63, 3.8) is 0 Å². The molecular formula is C22H32N4O5S. The lowest BCUT2D eigenvalue weighted by molar-refractivity contribution is -0.130. The van der Waals surface area contributed by atoms with Crippen LogP contribution in [0, 0.1) is 5.92 Å². The van der Waals surface area contributed by atoms with Crippen LogP contribution < -0.4 is 15.4 Å². The van der Waals surface area contributed by atoms with E-state index in [0.717, 1.165) is 5.57 Å². The zero-order chi connectivity index (χ0) is 23.7. The minimum Gasteiger partial charge on any atom is -0.473 e. The van der Waals surface area contributed by atoms with E-state index in [1.165, 1.54) is 0 Å². The van der Waals surface area contributed by atoms with E-state index in [9.17, 15) is 18.0 Å². The summed E-state index contributed by atoms with van der Waals surface area (Å²) in [5.41, 5.74) is -0.472. The molecule has 1 heterocycles. The lowest BCUT2D eigenvalue weighted by atomic mass is 10.1. The van der Waals surface area contributed by atoms with E-state index >= 15 is 0 Å². The number of hydrogen-bond acceptors (Lipinski definition) is 7. The molecule has 1 saturated heterocycles. The number of rotatable bonds is 9. The first-order valence-corrected chi connectivity index (χ1v) is 12.2. The molecule has 2 amide bonds. The van der Waals surface area contributed by atoms with Crippen LogP contribution in [0.5, 0.6) is 0 Å². The van der Waals surface area contributed by atoms with Gasteiger partial charge in [-0.05, 0) is 33.1 Å². The molecule has 3 rings (SSSR count). The van der Waals surface area contributed by atoms with Crippen molar-refractivity contribution in [1.82, 2.24) is 15.4 Å². The predicted molar refractivity (Wildman–Crippen MR) is 122 cm³/mol. The van der Waals surface area contributed by atoms with Gasteiger partial charge in [0.1, 0.15) is 11.6 Å². The van der Waals surface area contributed by atoms with Crippen LogP contribution in [-0.2, 0) is 24.3 Å². The Labute approximate surface area is 189 Å². The number of hydrogen-bond donors (Lipinski definition) is 3. The maximum absolute atomic E-state index is 12.9. The van der Waals surface area contributed by atoms with E-state index < -0.39 is 32.3 Å². The van der Waals surface area contributed by atoms with Gasteiger partial charge in [-0.25, -0.2) is 8.42 Å². The molecule has 1 aliphatic heterocycles. The monoisotopic (exact) mass is 464 g/mol. The first kappa shape index (κ1) is 24.2. The summed E-state index contributed by atoms with van der Waals surface area (Å²) in [4.78, 5) is 30.0. The van der Waals surface area contributed by atoms with Gasteiger partial charge in [0, 0.05) is 31.5 Å². The molecule has 3 fully saturated rings. The third-order valence-electron chi connectivity index (χ3n) is 6.47. The number of sulfonamides is 1. The second-order valence-corrected chi connectivity index (χ2v) is 11.1. The number of carbonyl (C=O) groups is 2. The lowest BCUT2D eigenvalue weighted by Gasteiger charge is -2.22. The number of nitrogens with zero attached hydrogens (tertiary/aromatic N) is 1. The second kappa shape index (κ2) is 8.82. The van der Waals surface area contributed by atoms with Crippen LogP contribution in [0.15, 0.2) is 42.0 Å². The van der Waals surface area contributed by atoms with Crippen LogP contribution in [0.2, 0.25) is 0 Å². The average Bonchev–Trinajstić information content (AvgIpc) is 3.61. The summed E-state index contributed by atoms with van der Waals surface area (Å²) in [6.45, 7) is 11.3. The number of aliphatic imine (C=N–C) groups is 1. The van der Waals surface area contributed by atoms with Crippen molar-refractivity contribution in [3.05, 3.63) is 37.0 Å². The molecule has 2 aliphatic carbocycles. The molecule has 0 aromatic rings. The van der Waals surface area contributed by atoms with Gasteiger partial charge in [0.25, 0.3) is 5.91 Å². The molecule has 0 aromatic carbocycles. The minimum absolute atomic E-state index is 0.271. The van der Waals surface area contributed by atoms with E-state index in [0.29, 0.717) is 38.1 Å². The SMILES string of the molecule is C=C/C=C(C)/C(=N\C)O[C@H]1CN[C@H](C(=O)N[C@]2(C(=O)NS(=O)(=O)C3(C)CC3)C[C@H]2C=C)C1. The minimum atomic E-state index is -3.80. The zero-order valence-corrected chi connectivity index (χ0v) is 19.6. The molecule has 4 atom stereocenters. The molecular weight excluding hydrogens is 432 g/mol. The Morgan fingerprint density at radius 2 is 1.97 bits per heavy atom. The Morgan fingerprint density at radius 1 is 1.28 bits per heavy atom. The number of ether oxygens (including phenoxy) is 1. The molecule has 0 unspecified atom stereocenters. The third-order valence-corrected chi connectivity index (χ3v) is 8.63. The highest BCUT2D eigenvalue weighted by molar-refractivity contribution is 7.91. The summed E-state index contributed by atoms with van der Waals surface area (Å²) >= 11 is 0. The van der Waals surface area contributed by atoms with Crippen LogP contribution in [0.1, 0.15) is 39.5 Å². The maximum atomic E-state index is 12.9. The zero-order valence-electron chi connectivity index (χ0n) is 18.8. The van der Waals surface area contributed by atoms with Gasteiger partial charge >= 0.3 is 0 Å². The molecule has 2 saturated carbocycles. The molecule has 0 spiro atoms. The lowest BCUT2D eigenvalue weighted by Crippen LogP contribution is -2.56. The van der Waals surface area contributed by atoms with E-state index in [1.54, 1.807) is 32.2 Å². The van der Waals surface area contributed by atoms with E-state index in [1.807, 2.05) is 6.92 Å². The highest BCUT2D eigenvalue weighted by atomic mass is 32.2.